The maximum atomic E-state index is 14.9. The summed E-state index contributed by atoms with van der Waals surface area (Å²) in [5, 5.41) is 31.2. The highest BCUT2D eigenvalue weighted by atomic mass is 19.1. The molecule has 4 rings (SSSR count). The van der Waals surface area contributed by atoms with Crippen molar-refractivity contribution in [3.63, 3.8) is 0 Å². The molecule has 0 spiro atoms. The van der Waals surface area contributed by atoms with Gasteiger partial charge >= 0.3 is 0 Å². The first-order valence-electron chi connectivity index (χ1n) is 12.7. The van der Waals surface area contributed by atoms with Crippen molar-refractivity contribution < 1.29 is 33.3 Å². The molecule has 1 aliphatic rings. The second-order valence-electron chi connectivity index (χ2n) is 11.1. The van der Waals surface area contributed by atoms with Gasteiger partial charge in [0.15, 0.2) is 11.6 Å². The lowest BCUT2D eigenvalue weighted by Gasteiger charge is -2.43. The lowest BCUT2D eigenvalue weighted by molar-refractivity contribution is -0.123. The van der Waals surface area contributed by atoms with Gasteiger partial charge in [-0.3, -0.25) is 9.78 Å². The smallest absolute Gasteiger partial charge is 0.187 e. The fraction of sp³-hybridized carbons (Fsp3) is 0.414. The van der Waals surface area contributed by atoms with Gasteiger partial charge in [-0.25, -0.2) is 18.2 Å². The van der Waals surface area contributed by atoms with E-state index in [-0.39, 0.29) is 41.6 Å². The molecule has 0 radical (unpaired) electrons. The highest BCUT2D eigenvalue weighted by molar-refractivity contribution is 6.00. The SMILES string of the molecule is C[C@H]1C[C@@H](c2ccncc2CC(=O)c2nc(-c3c(F)cc(C(C)(C)O)cc3F)c(F)cc2N)C[C@@H](O)[C@]1(C)O. The third kappa shape index (κ3) is 5.54. The normalized spacial score (nSPS) is 23.6. The number of aliphatic hydroxyl groups is 3. The van der Waals surface area contributed by atoms with E-state index in [1.165, 1.54) is 20.0 Å². The van der Waals surface area contributed by atoms with Gasteiger partial charge in [-0.15, -0.1) is 0 Å². The summed E-state index contributed by atoms with van der Waals surface area (Å²) in [5.41, 5.74) is 2.22. The van der Waals surface area contributed by atoms with Crippen molar-refractivity contribution in [2.75, 3.05) is 5.73 Å². The van der Waals surface area contributed by atoms with Gasteiger partial charge in [-0.1, -0.05) is 6.92 Å². The van der Waals surface area contributed by atoms with Gasteiger partial charge in [0.25, 0.3) is 0 Å². The van der Waals surface area contributed by atoms with Crippen molar-refractivity contribution in [2.45, 2.75) is 70.2 Å². The number of rotatable bonds is 6. The Morgan fingerprint density at radius 3 is 2.38 bits per heavy atom. The number of halogens is 3. The first kappa shape index (κ1) is 28.7. The van der Waals surface area contributed by atoms with E-state index in [0.29, 0.717) is 12.0 Å². The largest absolute Gasteiger partial charge is 0.397 e. The van der Waals surface area contributed by atoms with Gasteiger partial charge in [0, 0.05) is 24.9 Å². The first-order chi connectivity index (χ1) is 18.1. The summed E-state index contributed by atoms with van der Waals surface area (Å²) in [7, 11) is 0. The standard InChI is InChI=1S/C29H32F3N3O4/c1-14-7-15(9-24(37)29(14,4)39)18-5-6-34-13-16(18)8-23(36)27-22(33)12-21(32)26(35-27)25-19(30)10-17(11-20(25)31)28(2,3)38/h5-6,10-15,24,37-39H,7-9,33H2,1-4H3/t14-,15+,24+,29+/m0/s1. The Hall–Kier alpha value is -3.34. The molecular weight excluding hydrogens is 511 g/mol. The number of carbonyl (C=O) groups excluding carboxylic acids is 1. The summed E-state index contributed by atoms with van der Waals surface area (Å²) < 4.78 is 44.7. The number of nitrogens with two attached hydrogens (primary N) is 1. The van der Waals surface area contributed by atoms with Crippen LogP contribution in [-0.4, -0.2) is 42.8 Å². The van der Waals surface area contributed by atoms with E-state index < -0.39 is 51.8 Å². The minimum absolute atomic E-state index is 0.0545. The number of nitrogen functional groups attached to an aromatic ring is 1. The fourth-order valence-corrected chi connectivity index (χ4v) is 5.15. The van der Waals surface area contributed by atoms with Crippen molar-refractivity contribution in [1.82, 2.24) is 9.97 Å². The van der Waals surface area contributed by atoms with Crippen LogP contribution in [-0.2, 0) is 12.0 Å². The first-order valence-corrected chi connectivity index (χ1v) is 12.7. The highest BCUT2D eigenvalue weighted by Crippen LogP contribution is 2.42. The molecule has 2 aromatic heterocycles. The molecular formula is C29H32F3N3O4. The minimum atomic E-state index is -1.54. The molecule has 10 heteroatoms. The van der Waals surface area contributed by atoms with Crippen LogP contribution in [0.3, 0.4) is 0 Å². The van der Waals surface area contributed by atoms with E-state index in [9.17, 15) is 33.3 Å². The zero-order valence-electron chi connectivity index (χ0n) is 22.2. The molecule has 39 heavy (non-hydrogen) atoms. The Morgan fingerprint density at radius 1 is 1.15 bits per heavy atom. The Bertz CT molecular complexity index is 1380. The molecule has 1 fully saturated rings. The monoisotopic (exact) mass is 543 g/mol. The lowest BCUT2D eigenvalue weighted by atomic mass is 9.68. The van der Waals surface area contributed by atoms with Crippen LogP contribution in [0.1, 0.15) is 73.6 Å². The van der Waals surface area contributed by atoms with Crippen LogP contribution >= 0.6 is 0 Å². The number of ketones is 1. The average Bonchev–Trinajstić information content (AvgIpc) is 2.83. The van der Waals surface area contributed by atoms with Gasteiger partial charge in [-0.2, -0.15) is 0 Å². The zero-order valence-corrected chi connectivity index (χ0v) is 22.2. The van der Waals surface area contributed by atoms with Crippen LogP contribution in [0.2, 0.25) is 0 Å². The van der Waals surface area contributed by atoms with Crippen LogP contribution in [0, 0.1) is 23.4 Å². The van der Waals surface area contributed by atoms with Gasteiger partial charge in [0.1, 0.15) is 23.0 Å². The van der Waals surface area contributed by atoms with E-state index in [2.05, 4.69) is 9.97 Å². The van der Waals surface area contributed by atoms with Crippen molar-refractivity contribution in [2.24, 2.45) is 5.92 Å². The molecule has 1 aliphatic carbocycles. The summed E-state index contributed by atoms with van der Waals surface area (Å²) in [5.74, 6) is -4.42. The van der Waals surface area contributed by atoms with Crippen molar-refractivity contribution >= 4 is 11.5 Å². The third-order valence-corrected chi connectivity index (χ3v) is 7.81. The molecule has 1 saturated carbocycles. The number of carbonyl (C=O) groups is 1. The molecule has 2 heterocycles. The minimum Gasteiger partial charge on any atom is -0.397 e. The molecule has 1 aromatic carbocycles. The number of Topliss-reactive ketones (excluding diaryl/α,β-unsaturated/α-hetero) is 1. The Morgan fingerprint density at radius 2 is 1.79 bits per heavy atom. The topological polar surface area (TPSA) is 130 Å². The van der Waals surface area contributed by atoms with Crippen molar-refractivity contribution in [3.05, 3.63) is 76.5 Å². The summed E-state index contributed by atoms with van der Waals surface area (Å²) in [4.78, 5) is 21.4. The predicted octanol–water partition coefficient (Wildman–Crippen LogP) is 4.42. The molecule has 3 aromatic rings. The lowest BCUT2D eigenvalue weighted by Crippen LogP contribution is -2.49. The van der Waals surface area contributed by atoms with E-state index >= 15 is 0 Å². The Kier molecular flexibility index (Phi) is 7.59. The van der Waals surface area contributed by atoms with Gasteiger partial charge in [-0.05, 0) is 80.3 Å². The molecule has 0 bridgehead atoms. The van der Waals surface area contributed by atoms with E-state index in [1.54, 1.807) is 19.2 Å². The molecule has 208 valence electrons. The predicted molar refractivity (Wildman–Crippen MR) is 139 cm³/mol. The number of hydrogen-bond acceptors (Lipinski definition) is 7. The average molecular weight is 544 g/mol. The molecule has 0 saturated heterocycles. The number of nitrogens with zero attached hydrogens (tertiary/aromatic N) is 2. The molecule has 0 aliphatic heterocycles. The number of aliphatic hydroxyl groups excluding tert-OH is 1. The van der Waals surface area contributed by atoms with Gasteiger partial charge < -0.3 is 21.1 Å². The summed E-state index contributed by atoms with van der Waals surface area (Å²) in [6.45, 7) is 6.14. The summed E-state index contributed by atoms with van der Waals surface area (Å²) in [6, 6.07) is 4.31. The van der Waals surface area contributed by atoms with Gasteiger partial charge in [0.05, 0.1) is 28.6 Å². The van der Waals surface area contributed by atoms with Gasteiger partial charge in [0.2, 0.25) is 0 Å². The summed E-state index contributed by atoms with van der Waals surface area (Å²) >= 11 is 0. The van der Waals surface area contributed by atoms with Crippen molar-refractivity contribution in [3.8, 4) is 11.3 Å². The molecule has 7 nitrogen and oxygen atoms in total. The fourth-order valence-electron chi connectivity index (χ4n) is 5.15. The summed E-state index contributed by atoms with van der Waals surface area (Å²) in [6.07, 6.45) is 2.72. The Labute approximate surface area is 224 Å². The second-order valence-corrected chi connectivity index (χ2v) is 11.1. The van der Waals surface area contributed by atoms with E-state index in [0.717, 1.165) is 23.8 Å². The number of hydrogen-bond donors (Lipinski definition) is 4. The van der Waals surface area contributed by atoms with Crippen LogP contribution in [0.4, 0.5) is 18.9 Å². The van der Waals surface area contributed by atoms with E-state index in [4.69, 9.17) is 5.73 Å². The van der Waals surface area contributed by atoms with Crippen LogP contribution in [0.15, 0.2) is 36.7 Å². The number of anilines is 1. The number of aromatic nitrogens is 2. The third-order valence-electron chi connectivity index (χ3n) is 7.81. The molecule has 0 amide bonds. The van der Waals surface area contributed by atoms with Crippen LogP contribution < -0.4 is 5.73 Å². The number of pyridine rings is 2. The highest BCUT2D eigenvalue weighted by Gasteiger charge is 2.43. The second kappa shape index (κ2) is 10.3. The number of benzene rings is 1. The zero-order chi connectivity index (χ0) is 28.9. The maximum absolute atomic E-state index is 14.9. The maximum Gasteiger partial charge on any atom is 0.187 e. The van der Waals surface area contributed by atoms with Crippen LogP contribution in [0.5, 0.6) is 0 Å². The van der Waals surface area contributed by atoms with E-state index in [1.807, 2.05) is 6.92 Å². The Balaban J connectivity index is 1.69. The molecule has 4 atom stereocenters. The van der Waals surface area contributed by atoms with Crippen molar-refractivity contribution in [1.29, 1.82) is 0 Å². The molecule has 5 N–H and O–H groups in total. The van der Waals surface area contributed by atoms with Crippen LogP contribution in [0.25, 0.3) is 11.3 Å². The molecule has 0 unspecified atom stereocenters. The quantitative estimate of drug-likeness (QED) is 0.339.